The molecule has 0 saturated heterocycles. The van der Waals surface area contributed by atoms with E-state index in [9.17, 15) is 9.90 Å². The van der Waals surface area contributed by atoms with E-state index in [2.05, 4.69) is 5.10 Å². The molecule has 0 saturated carbocycles. The predicted octanol–water partition coefficient (Wildman–Crippen LogP) is 2.56. The van der Waals surface area contributed by atoms with E-state index in [4.69, 9.17) is 4.74 Å². The molecule has 0 radical (unpaired) electrons. The quantitative estimate of drug-likeness (QED) is 0.922. The predicted molar refractivity (Wildman–Crippen MR) is 86.0 cm³/mol. The van der Waals surface area contributed by atoms with Crippen LogP contribution in [0.3, 0.4) is 0 Å². The molecular weight excluding hydrogens is 280 g/mol. The van der Waals surface area contributed by atoms with Gasteiger partial charge in [0.1, 0.15) is 5.75 Å². The van der Waals surface area contributed by atoms with Crippen LogP contribution in [0.4, 0.5) is 0 Å². The number of hydrogen-bond donors (Lipinski definition) is 1. The molecule has 1 aromatic carbocycles. The fourth-order valence-electron chi connectivity index (χ4n) is 2.22. The van der Waals surface area contributed by atoms with Crippen LogP contribution in [-0.2, 0) is 12.1 Å². The second kappa shape index (κ2) is 6.32. The Bertz CT molecular complexity index is 697. The van der Waals surface area contributed by atoms with Gasteiger partial charge in [-0.15, -0.1) is 0 Å². The van der Waals surface area contributed by atoms with Crippen molar-refractivity contribution in [3.05, 3.63) is 46.2 Å². The van der Waals surface area contributed by atoms with Crippen molar-refractivity contribution in [2.45, 2.75) is 39.8 Å². The molecule has 0 bridgehead atoms. The van der Waals surface area contributed by atoms with Crippen LogP contribution in [-0.4, -0.2) is 21.5 Å². The van der Waals surface area contributed by atoms with Gasteiger partial charge in [0, 0.05) is 12.1 Å². The van der Waals surface area contributed by atoms with E-state index in [0.717, 1.165) is 11.3 Å². The number of rotatable bonds is 5. The summed E-state index contributed by atoms with van der Waals surface area (Å²) in [4.78, 5) is 12.3. The Morgan fingerprint density at radius 1 is 1.23 bits per heavy atom. The third-order valence-electron chi connectivity index (χ3n) is 3.39. The zero-order chi connectivity index (χ0) is 16.3. The fourth-order valence-corrected chi connectivity index (χ4v) is 2.22. The van der Waals surface area contributed by atoms with Crippen molar-refractivity contribution in [1.29, 1.82) is 0 Å². The largest absolute Gasteiger partial charge is 0.494 e. The van der Waals surface area contributed by atoms with E-state index in [1.54, 1.807) is 19.9 Å². The minimum absolute atomic E-state index is 0.260. The summed E-state index contributed by atoms with van der Waals surface area (Å²) in [6.07, 6.45) is 0. The molecule has 1 aromatic heterocycles. The van der Waals surface area contributed by atoms with Gasteiger partial charge in [-0.3, -0.25) is 4.79 Å². The number of hydrogen-bond acceptors (Lipinski definition) is 4. The molecule has 5 nitrogen and oxygen atoms in total. The highest BCUT2D eigenvalue weighted by Gasteiger charge is 2.22. The Kier molecular flexibility index (Phi) is 4.66. The van der Waals surface area contributed by atoms with Crippen molar-refractivity contribution in [3.63, 3.8) is 0 Å². The van der Waals surface area contributed by atoms with Gasteiger partial charge < -0.3 is 9.84 Å². The average molecular weight is 302 g/mol. The first-order valence-electron chi connectivity index (χ1n) is 7.45. The summed E-state index contributed by atoms with van der Waals surface area (Å²) >= 11 is 0. The van der Waals surface area contributed by atoms with Crippen LogP contribution >= 0.6 is 0 Å². The van der Waals surface area contributed by atoms with Crippen LogP contribution in [0.15, 0.2) is 35.1 Å². The zero-order valence-electron chi connectivity index (χ0n) is 13.5. The molecule has 0 aliphatic heterocycles. The Morgan fingerprint density at radius 3 is 2.36 bits per heavy atom. The lowest BCUT2D eigenvalue weighted by molar-refractivity contribution is 0.0762. The van der Waals surface area contributed by atoms with E-state index in [1.807, 2.05) is 38.1 Å². The van der Waals surface area contributed by atoms with Gasteiger partial charge in [0.25, 0.3) is 5.56 Å². The molecule has 0 fully saturated rings. The van der Waals surface area contributed by atoms with Crippen molar-refractivity contribution in [3.8, 4) is 17.0 Å². The molecule has 0 unspecified atom stereocenters. The second-order valence-corrected chi connectivity index (χ2v) is 5.58. The lowest BCUT2D eigenvalue weighted by Gasteiger charge is -2.19. The molecule has 1 heterocycles. The SMILES string of the molecule is CCOc1ccc(-c2cc(C(C)(C)O)c(=O)n(CC)n2)cc1. The number of aryl methyl sites for hydroxylation is 1. The van der Waals surface area contributed by atoms with Gasteiger partial charge in [-0.05, 0) is 58.0 Å². The first-order valence-corrected chi connectivity index (χ1v) is 7.45. The molecule has 2 rings (SSSR count). The molecule has 2 aromatic rings. The second-order valence-electron chi connectivity index (χ2n) is 5.58. The Labute approximate surface area is 130 Å². The molecule has 118 valence electrons. The van der Waals surface area contributed by atoms with E-state index in [1.165, 1.54) is 4.68 Å². The minimum atomic E-state index is -1.21. The van der Waals surface area contributed by atoms with Crippen LogP contribution in [0.25, 0.3) is 11.3 Å². The van der Waals surface area contributed by atoms with Crippen LogP contribution in [0.5, 0.6) is 5.75 Å². The highest BCUT2D eigenvalue weighted by atomic mass is 16.5. The summed E-state index contributed by atoms with van der Waals surface area (Å²) in [6.45, 7) is 8.05. The molecule has 0 aliphatic carbocycles. The standard InChI is InChI=1S/C17H22N2O3/c1-5-19-16(20)14(17(3,4)21)11-15(18-19)12-7-9-13(10-8-12)22-6-2/h7-11,21H,5-6H2,1-4H3. The monoisotopic (exact) mass is 302 g/mol. The Balaban J connectivity index is 2.53. The zero-order valence-corrected chi connectivity index (χ0v) is 13.5. The molecule has 1 N–H and O–H groups in total. The highest BCUT2D eigenvalue weighted by molar-refractivity contribution is 5.60. The third kappa shape index (κ3) is 3.36. The summed E-state index contributed by atoms with van der Waals surface area (Å²) in [7, 11) is 0. The number of aliphatic hydroxyl groups is 1. The van der Waals surface area contributed by atoms with Crippen molar-refractivity contribution in [1.82, 2.24) is 9.78 Å². The van der Waals surface area contributed by atoms with Crippen LogP contribution < -0.4 is 10.3 Å². The number of ether oxygens (including phenoxy) is 1. The first-order chi connectivity index (χ1) is 10.4. The molecule has 0 aliphatic rings. The van der Waals surface area contributed by atoms with Crippen molar-refractivity contribution in [2.75, 3.05) is 6.61 Å². The molecule has 22 heavy (non-hydrogen) atoms. The Morgan fingerprint density at radius 2 is 1.86 bits per heavy atom. The average Bonchev–Trinajstić information content (AvgIpc) is 2.47. The smallest absolute Gasteiger partial charge is 0.272 e. The number of aromatic nitrogens is 2. The normalized spacial score (nSPS) is 11.5. The number of benzene rings is 1. The van der Waals surface area contributed by atoms with Crippen LogP contribution in [0.2, 0.25) is 0 Å². The van der Waals surface area contributed by atoms with Gasteiger partial charge in [0.15, 0.2) is 0 Å². The lowest BCUT2D eigenvalue weighted by Crippen LogP contribution is -2.33. The van der Waals surface area contributed by atoms with E-state index in [-0.39, 0.29) is 5.56 Å². The van der Waals surface area contributed by atoms with Gasteiger partial charge in [-0.2, -0.15) is 5.10 Å². The van der Waals surface area contributed by atoms with Gasteiger partial charge >= 0.3 is 0 Å². The summed E-state index contributed by atoms with van der Waals surface area (Å²) in [5.41, 5.74) is 0.396. The molecular formula is C17H22N2O3. The summed E-state index contributed by atoms with van der Waals surface area (Å²) in [5, 5.41) is 14.6. The van der Waals surface area contributed by atoms with Gasteiger partial charge in [0.2, 0.25) is 0 Å². The van der Waals surface area contributed by atoms with Crippen LogP contribution in [0.1, 0.15) is 33.3 Å². The lowest BCUT2D eigenvalue weighted by atomic mass is 9.98. The number of nitrogens with zero attached hydrogens (tertiary/aromatic N) is 2. The first kappa shape index (κ1) is 16.2. The summed E-state index contributed by atoms with van der Waals surface area (Å²) < 4.78 is 6.80. The van der Waals surface area contributed by atoms with Gasteiger partial charge in [0.05, 0.1) is 23.5 Å². The molecule has 0 atom stereocenters. The maximum atomic E-state index is 12.3. The van der Waals surface area contributed by atoms with E-state index >= 15 is 0 Å². The van der Waals surface area contributed by atoms with Gasteiger partial charge in [-0.1, -0.05) is 0 Å². The summed E-state index contributed by atoms with van der Waals surface area (Å²) in [6, 6.07) is 9.18. The third-order valence-corrected chi connectivity index (χ3v) is 3.39. The van der Waals surface area contributed by atoms with Crippen LogP contribution in [0, 0.1) is 0 Å². The van der Waals surface area contributed by atoms with Crippen molar-refractivity contribution in [2.24, 2.45) is 0 Å². The maximum absolute atomic E-state index is 12.3. The topological polar surface area (TPSA) is 64.3 Å². The fraction of sp³-hybridized carbons (Fsp3) is 0.412. The minimum Gasteiger partial charge on any atom is -0.494 e. The van der Waals surface area contributed by atoms with E-state index in [0.29, 0.717) is 24.4 Å². The highest BCUT2D eigenvalue weighted by Crippen LogP contribution is 2.24. The Hall–Kier alpha value is -2.14. The van der Waals surface area contributed by atoms with E-state index < -0.39 is 5.60 Å². The van der Waals surface area contributed by atoms with Crippen molar-refractivity contribution >= 4 is 0 Å². The molecule has 0 amide bonds. The van der Waals surface area contributed by atoms with Crippen molar-refractivity contribution < 1.29 is 9.84 Å². The maximum Gasteiger partial charge on any atom is 0.272 e. The summed E-state index contributed by atoms with van der Waals surface area (Å²) in [5.74, 6) is 0.790. The molecule has 0 spiro atoms. The molecule has 5 heteroatoms. The van der Waals surface area contributed by atoms with Gasteiger partial charge in [-0.25, -0.2) is 4.68 Å².